The zero-order chi connectivity index (χ0) is 19.0. The zero-order valence-corrected chi connectivity index (χ0v) is 15.5. The van der Waals surface area contributed by atoms with E-state index in [2.05, 4.69) is 0 Å². The van der Waals surface area contributed by atoms with Crippen LogP contribution in [0.1, 0.15) is 0 Å². The molecule has 25 heavy (non-hydrogen) atoms. The number of sulfonamides is 2. The zero-order valence-electron chi connectivity index (χ0n) is 13.1. The van der Waals surface area contributed by atoms with Crippen LogP contribution in [-0.2, 0) is 20.0 Å². The van der Waals surface area contributed by atoms with Crippen molar-refractivity contribution in [1.82, 2.24) is 4.31 Å². The van der Waals surface area contributed by atoms with Crippen LogP contribution < -0.4 is 4.72 Å². The predicted octanol–water partition coefficient (Wildman–Crippen LogP) is 2.24. The Balaban J connectivity index is 2.49. The summed E-state index contributed by atoms with van der Waals surface area (Å²) in [5, 5.41) is 9.48. The van der Waals surface area contributed by atoms with E-state index < -0.39 is 36.5 Å². The minimum atomic E-state index is -4.28. The van der Waals surface area contributed by atoms with Gasteiger partial charge in [0.1, 0.15) is 16.5 Å². The van der Waals surface area contributed by atoms with Gasteiger partial charge in [-0.2, -0.15) is 0 Å². The molecule has 0 atom stereocenters. The Kier molecular flexibility index (Phi) is 5.28. The molecule has 0 bridgehead atoms. The number of nitrogens with zero attached hydrogens (tertiary/aromatic N) is 1. The third kappa shape index (κ3) is 4.03. The molecule has 0 amide bonds. The summed E-state index contributed by atoms with van der Waals surface area (Å²) in [4.78, 5) is -0.644. The first-order valence-corrected chi connectivity index (χ1v) is 9.98. The number of halogens is 2. The fourth-order valence-electron chi connectivity index (χ4n) is 1.86. The summed E-state index contributed by atoms with van der Waals surface area (Å²) in [5.41, 5.74) is -0.358. The first kappa shape index (κ1) is 19.4. The molecule has 11 heteroatoms. The van der Waals surface area contributed by atoms with Crippen LogP contribution >= 0.6 is 11.6 Å². The Hall–Kier alpha value is -1.88. The second kappa shape index (κ2) is 6.79. The first-order valence-electron chi connectivity index (χ1n) is 6.68. The number of rotatable bonds is 5. The van der Waals surface area contributed by atoms with Crippen molar-refractivity contribution < 1.29 is 26.3 Å². The number of benzene rings is 2. The molecule has 0 saturated heterocycles. The lowest BCUT2D eigenvalue weighted by Crippen LogP contribution is -2.22. The summed E-state index contributed by atoms with van der Waals surface area (Å²) in [6, 6.07) is 5.83. The van der Waals surface area contributed by atoms with Gasteiger partial charge in [0.05, 0.1) is 15.6 Å². The fraction of sp³-hybridized carbons (Fsp3) is 0.143. The molecule has 7 nitrogen and oxygen atoms in total. The number of phenolic OH excluding ortho intramolecular Hbond substituents is 1. The average molecular weight is 409 g/mol. The van der Waals surface area contributed by atoms with E-state index in [0.29, 0.717) is 0 Å². The Morgan fingerprint density at radius 1 is 1.08 bits per heavy atom. The van der Waals surface area contributed by atoms with Crippen molar-refractivity contribution >= 4 is 37.3 Å². The minimum absolute atomic E-state index is 0.224. The third-order valence-corrected chi connectivity index (χ3v) is 6.83. The second-order valence-corrected chi connectivity index (χ2v) is 9.36. The summed E-state index contributed by atoms with van der Waals surface area (Å²) in [6.07, 6.45) is 0. The van der Waals surface area contributed by atoms with Gasteiger partial charge < -0.3 is 5.11 Å². The highest BCUT2D eigenvalue weighted by atomic mass is 35.5. The average Bonchev–Trinajstić information content (AvgIpc) is 2.48. The van der Waals surface area contributed by atoms with Crippen molar-refractivity contribution in [2.24, 2.45) is 0 Å². The van der Waals surface area contributed by atoms with E-state index in [1.807, 2.05) is 4.72 Å². The molecule has 0 aliphatic carbocycles. The predicted molar refractivity (Wildman–Crippen MR) is 91.2 cm³/mol. The molecule has 2 N–H and O–H groups in total. The van der Waals surface area contributed by atoms with E-state index in [9.17, 15) is 26.3 Å². The van der Waals surface area contributed by atoms with Gasteiger partial charge in [0.25, 0.3) is 10.0 Å². The van der Waals surface area contributed by atoms with Crippen LogP contribution in [0.2, 0.25) is 5.02 Å². The lowest BCUT2D eigenvalue weighted by Gasteiger charge is -2.15. The maximum atomic E-state index is 13.1. The van der Waals surface area contributed by atoms with Gasteiger partial charge in [0, 0.05) is 14.1 Å². The monoisotopic (exact) mass is 408 g/mol. The maximum Gasteiger partial charge on any atom is 0.263 e. The number of hydrogen-bond acceptors (Lipinski definition) is 5. The van der Waals surface area contributed by atoms with Crippen LogP contribution in [0.4, 0.5) is 10.1 Å². The van der Waals surface area contributed by atoms with Crippen molar-refractivity contribution in [1.29, 1.82) is 0 Å². The normalized spacial score (nSPS) is 12.4. The minimum Gasteiger partial charge on any atom is -0.506 e. The van der Waals surface area contributed by atoms with Crippen LogP contribution in [0.15, 0.2) is 46.2 Å². The highest BCUT2D eigenvalue weighted by Crippen LogP contribution is 2.31. The van der Waals surface area contributed by atoms with Crippen LogP contribution in [-0.4, -0.2) is 40.3 Å². The number of nitrogens with one attached hydrogen (secondary N) is 1. The number of aromatic hydroxyl groups is 1. The molecule has 136 valence electrons. The molecule has 0 heterocycles. The molecule has 2 aromatic rings. The van der Waals surface area contributed by atoms with E-state index in [-0.39, 0.29) is 15.6 Å². The van der Waals surface area contributed by atoms with E-state index in [1.54, 1.807) is 0 Å². The molecule has 2 aromatic carbocycles. The largest absolute Gasteiger partial charge is 0.506 e. The van der Waals surface area contributed by atoms with Crippen LogP contribution in [0, 0.1) is 5.82 Å². The van der Waals surface area contributed by atoms with Crippen molar-refractivity contribution in [2.75, 3.05) is 18.8 Å². The van der Waals surface area contributed by atoms with E-state index in [1.165, 1.54) is 14.1 Å². The Labute approximate surface area is 149 Å². The molecule has 0 aliphatic rings. The highest BCUT2D eigenvalue weighted by molar-refractivity contribution is 7.93. The highest BCUT2D eigenvalue weighted by Gasteiger charge is 2.23. The van der Waals surface area contributed by atoms with Gasteiger partial charge in [-0.3, -0.25) is 4.72 Å². The van der Waals surface area contributed by atoms with Gasteiger partial charge in [-0.05, 0) is 36.4 Å². The Morgan fingerprint density at radius 2 is 1.72 bits per heavy atom. The second-order valence-electron chi connectivity index (χ2n) is 5.15. The summed E-state index contributed by atoms with van der Waals surface area (Å²) in [6.45, 7) is 0. The SMILES string of the molecule is CN(C)S(=O)(=O)c1ccc(O)c(NS(=O)(=O)c2ccc(F)cc2Cl)c1. The van der Waals surface area contributed by atoms with Gasteiger partial charge in [-0.1, -0.05) is 11.6 Å². The lowest BCUT2D eigenvalue weighted by atomic mass is 10.3. The van der Waals surface area contributed by atoms with Gasteiger partial charge in [-0.25, -0.2) is 25.5 Å². The van der Waals surface area contributed by atoms with Gasteiger partial charge >= 0.3 is 0 Å². The standard InChI is InChI=1S/C14H14ClFN2O5S2/c1-18(2)25(22,23)10-4-5-13(19)12(8-10)17-24(20,21)14-6-3-9(16)7-11(14)15/h3-8,17,19H,1-2H3. The number of phenols is 1. The molecule has 0 aromatic heterocycles. The van der Waals surface area contributed by atoms with Crippen LogP contribution in [0.5, 0.6) is 5.75 Å². The van der Waals surface area contributed by atoms with E-state index >= 15 is 0 Å². The van der Waals surface area contributed by atoms with Crippen molar-refractivity contribution in [2.45, 2.75) is 9.79 Å². The number of hydrogen-bond donors (Lipinski definition) is 2. The van der Waals surface area contributed by atoms with Gasteiger partial charge in [0.2, 0.25) is 10.0 Å². The third-order valence-electron chi connectivity index (χ3n) is 3.17. The summed E-state index contributed by atoms with van der Waals surface area (Å²) < 4.78 is 65.1. The Bertz CT molecular complexity index is 1020. The fourth-order valence-corrected chi connectivity index (χ4v) is 4.39. The summed E-state index contributed by atoms with van der Waals surface area (Å²) >= 11 is 5.74. The molecule has 0 radical (unpaired) electrons. The summed E-state index contributed by atoms with van der Waals surface area (Å²) in [5.74, 6) is -1.20. The van der Waals surface area contributed by atoms with Crippen molar-refractivity contribution in [3.63, 3.8) is 0 Å². The van der Waals surface area contributed by atoms with Gasteiger partial charge in [0.15, 0.2) is 0 Å². The van der Waals surface area contributed by atoms with E-state index in [0.717, 1.165) is 40.7 Å². The molecule has 0 fully saturated rings. The molecule has 0 unspecified atom stereocenters. The van der Waals surface area contributed by atoms with E-state index in [4.69, 9.17) is 11.6 Å². The van der Waals surface area contributed by atoms with Crippen LogP contribution in [0.3, 0.4) is 0 Å². The van der Waals surface area contributed by atoms with Crippen molar-refractivity contribution in [3.05, 3.63) is 47.2 Å². The molecular weight excluding hydrogens is 395 g/mol. The smallest absolute Gasteiger partial charge is 0.263 e. The maximum absolute atomic E-state index is 13.1. The molecule has 0 spiro atoms. The molecular formula is C14H14ClFN2O5S2. The lowest BCUT2D eigenvalue weighted by molar-refractivity contribution is 0.476. The quantitative estimate of drug-likeness (QED) is 0.738. The van der Waals surface area contributed by atoms with Crippen LogP contribution in [0.25, 0.3) is 0 Å². The topological polar surface area (TPSA) is 104 Å². The molecule has 0 saturated carbocycles. The first-order chi connectivity index (χ1) is 11.4. The van der Waals surface area contributed by atoms with Crippen molar-refractivity contribution in [3.8, 4) is 5.75 Å². The number of anilines is 1. The summed E-state index contributed by atoms with van der Waals surface area (Å²) in [7, 11) is -5.50. The van der Waals surface area contributed by atoms with Gasteiger partial charge in [-0.15, -0.1) is 0 Å². The molecule has 0 aliphatic heterocycles. The molecule has 2 rings (SSSR count). The Morgan fingerprint density at radius 3 is 2.28 bits per heavy atom.